The van der Waals surface area contributed by atoms with Crippen molar-refractivity contribution in [1.82, 2.24) is 0 Å². The van der Waals surface area contributed by atoms with Crippen LogP contribution in [-0.2, 0) is 4.79 Å². The molecule has 0 bridgehead atoms. The van der Waals surface area contributed by atoms with E-state index < -0.39 is 24.3 Å². The molecule has 0 radical (unpaired) electrons. The van der Waals surface area contributed by atoms with Gasteiger partial charge in [-0.15, -0.1) is 11.8 Å². The molecule has 4 N–H and O–H groups in total. The van der Waals surface area contributed by atoms with Gasteiger partial charge in [-0.2, -0.15) is 0 Å². The molecule has 1 unspecified atom stereocenters. The van der Waals surface area contributed by atoms with E-state index in [0.717, 1.165) is 31.8 Å². The van der Waals surface area contributed by atoms with Crippen LogP contribution in [-0.4, -0.2) is 44.7 Å². The summed E-state index contributed by atoms with van der Waals surface area (Å²) in [7, 11) is 0. The zero-order valence-corrected chi connectivity index (χ0v) is 16.4. The third-order valence-corrected chi connectivity index (χ3v) is 5.17. The van der Waals surface area contributed by atoms with Gasteiger partial charge in [0.2, 0.25) is 0 Å². The van der Waals surface area contributed by atoms with Crippen molar-refractivity contribution in [2.75, 3.05) is 0 Å². The van der Waals surface area contributed by atoms with Gasteiger partial charge in [-0.05, 0) is 31.1 Å². The number of unbranched alkanes of at least 4 members (excludes halogenated alkanes) is 2. The number of carbonyl (C=O) groups is 1. The van der Waals surface area contributed by atoms with Gasteiger partial charge < -0.3 is 20.4 Å². The summed E-state index contributed by atoms with van der Waals surface area (Å²) in [4.78, 5) is 10.4. The van der Waals surface area contributed by atoms with Crippen LogP contribution in [0.5, 0.6) is 0 Å². The smallest absolute Gasteiger partial charge is 0.327 e. The number of carboxylic acids is 1. The first kappa shape index (κ1) is 23.4. The molecule has 152 valence electrons. The van der Waals surface area contributed by atoms with Crippen molar-refractivity contribution in [2.24, 2.45) is 17.8 Å². The maximum Gasteiger partial charge on any atom is 0.327 e. The lowest BCUT2D eigenvalue weighted by molar-refractivity contribution is -0.131. The lowest BCUT2D eigenvalue weighted by atomic mass is 9.87. The number of rotatable bonds is 10. The van der Waals surface area contributed by atoms with E-state index in [1.54, 1.807) is 12.2 Å². The zero-order chi connectivity index (χ0) is 20.2. The number of aliphatic hydroxyl groups is 3. The fourth-order valence-electron chi connectivity index (χ4n) is 3.51. The van der Waals surface area contributed by atoms with Crippen LogP contribution in [0.4, 0.5) is 0 Å². The first-order valence-electron chi connectivity index (χ1n) is 9.94. The van der Waals surface area contributed by atoms with E-state index in [-0.39, 0.29) is 17.8 Å². The second-order valence-electron chi connectivity index (χ2n) is 7.40. The maximum absolute atomic E-state index is 10.4. The summed E-state index contributed by atoms with van der Waals surface area (Å²) in [6.45, 7) is 3.94. The molecule has 0 aromatic rings. The number of aliphatic hydroxyl groups excluding tert-OH is 3. The van der Waals surface area contributed by atoms with Crippen LogP contribution < -0.4 is 0 Å². The predicted molar refractivity (Wildman–Crippen MR) is 106 cm³/mol. The van der Waals surface area contributed by atoms with Gasteiger partial charge in [0.15, 0.2) is 0 Å². The van der Waals surface area contributed by atoms with E-state index in [0.29, 0.717) is 19.3 Å². The number of aliphatic carboxylic acids is 1. The second-order valence-corrected chi connectivity index (χ2v) is 7.40. The lowest BCUT2D eigenvalue weighted by Crippen LogP contribution is -2.22. The van der Waals surface area contributed by atoms with Crippen LogP contribution in [0.25, 0.3) is 0 Å². The Kier molecular flexibility index (Phi) is 11.0. The molecule has 27 heavy (non-hydrogen) atoms. The Bertz CT molecular complexity index is 557. The molecule has 1 aliphatic carbocycles. The molecule has 5 heteroatoms. The zero-order valence-electron chi connectivity index (χ0n) is 16.4. The van der Waals surface area contributed by atoms with Gasteiger partial charge in [0.05, 0.1) is 18.3 Å². The van der Waals surface area contributed by atoms with Crippen LogP contribution in [0, 0.1) is 29.6 Å². The highest BCUT2D eigenvalue weighted by Crippen LogP contribution is 2.37. The standard InChI is InChI=1S/C22H34O5/c1-3-4-7-10-16(2)19(23)14-13-18-17(20(24)15-21(18)25)11-8-5-6-9-12-22(26)27/h9,12-14,16-21,23-25H,3,5-6,8,10-11,15H2,1-2H3,(H,26,27)/b12-9+,14-13+/t16-,17+,18+,19+,20?,21+/m0/s1. The molecule has 0 saturated heterocycles. The SMILES string of the molecule is CCC#CC[C@H](C)[C@H](O)/C=C/[C@H]1[C@H](O)CC(O)[C@@H]1CCCC/C=C/C(=O)O. The van der Waals surface area contributed by atoms with E-state index in [9.17, 15) is 20.1 Å². The monoisotopic (exact) mass is 378 g/mol. The number of allylic oxidation sites excluding steroid dienone is 1. The van der Waals surface area contributed by atoms with Gasteiger partial charge in [0, 0.05) is 31.3 Å². The second kappa shape index (κ2) is 12.7. The highest BCUT2D eigenvalue weighted by Gasteiger charge is 2.39. The largest absolute Gasteiger partial charge is 0.478 e. The first-order valence-corrected chi connectivity index (χ1v) is 9.94. The molecule has 0 aromatic carbocycles. The van der Waals surface area contributed by atoms with Crippen LogP contribution in [0.15, 0.2) is 24.3 Å². The van der Waals surface area contributed by atoms with Crippen molar-refractivity contribution < 1.29 is 25.2 Å². The summed E-state index contributed by atoms with van der Waals surface area (Å²) in [5.41, 5.74) is 0. The Balaban J connectivity index is 2.53. The van der Waals surface area contributed by atoms with Crippen molar-refractivity contribution in [3.05, 3.63) is 24.3 Å². The first-order chi connectivity index (χ1) is 12.9. The minimum Gasteiger partial charge on any atom is -0.478 e. The average Bonchev–Trinajstić information content (AvgIpc) is 2.88. The Labute approximate surface area is 162 Å². The molecule has 0 spiro atoms. The molecule has 1 fully saturated rings. The van der Waals surface area contributed by atoms with Crippen LogP contribution >= 0.6 is 0 Å². The number of hydrogen-bond donors (Lipinski definition) is 4. The highest BCUT2D eigenvalue weighted by atomic mass is 16.4. The molecule has 5 nitrogen and oxygen atoms in total. The van der Waals surface area contributed by atoms with Gasteiger partial charge in [0.25, 0.3) is 0 Å². The Hall–Kier alpha value is -1.61. The topological polar surface area (TPSA) is 98.0 Å². The van der Waals surface area contributed by atoms with E-state index in [1.165, 1.54) is 0 Å². The van der Waals surface area contributed by atoms with Gasteiger partial charge in [0.1, 0.15) is 0 Å². The van der Waals surface area contributed by atoms with Gasteiger partial charge >= 0.3 is 5.97 Å². The van der Waals surface area contributed by atoms with Crippen molar-refractivity contribution in [3.8, 4) is 11.8 Å². The molecule has 6 atom stereocenters. The normalized spacial score (nSPS) is 27.6. The Morgan fingerprint density at radius 2 is 1.96 bits per heavy atom. The van der Waals surface area contributed by atoms with Crippen molar-refractivity contribution >= 4 is 5.97 Å². The fourth-order valence-corrected chi connectivity index (χ4v) is 3.51. The van der Waals surface area contributed by atoms with Crippen molar-refractivity contribution in [3.63, 3.8) is 0 Å². The van der Waals surface area contributed by atoms with Crippen LogP contribution in [0.2, 0.25) is 0 Å². The summed E-state index contributed by atoms with van der Waals surface area (Å²) in [6.07, 6.45) is 9.53. The summed E-state index contributed by atoms with van der Waals surface area (Å²) >= 11 is 0. The molecular weight excluding hydrogens is 344 g/mol. The minimum atomic E-state index is -0.942. The maximum atomic E-state index is 10.4. The van der Waals surface area contributed by atoms with Crippen LogP contribution in [0.1, 0.15) is 58.8 Å². The van der Waals surface area contributed by atoms with Crippen molar-refractivity contribution in [1.29, 1.82) is 0 Å². The van der Waals surface area contributed by atoms with E-state index in [2.05, 4.69) is 11.8 Å². The summed E-state index contributed by atoms with van der Waals surface area (Å²) in [5, 5.41) is 39.4. The number of carboxylic acid groups (broad SMARTS) is 1. The fraction of sp³-hybridized carbons (Fsp3) is 0.682. The molecule has 0 heterocycles. The summed E-state index contributed by atoms with van der Waals surface area (Å²) in [5.74, 6) is 4.91. The third-order valence-electron chi connectivity index (χ3n) is 5.17. The third kappa shape index (κ3) is 8.75. The minimum absolute atomic E-state index is 0.0169. The van der Waals surface area contributed by atoms with E-state index in [4.69, 9.17) is 5.11 Å². The van der Waals surface area contributed by atoms with E-state index >= 15 is 0 Å². The Morgan fingerprint density at radius 3 is 2.63 bits per heavy atom. The molecule has 1 saturated carbocycles. The molecule has 0 aromatic heterocycles. The van der Waals surface area contributed by atoms with Crippen LogP contribution in [0.3, 0.4) is 0 Å². The lowest BCUT2D eigenvalue weighted by Gasteiger charge is -2.21. The van der Waals surface area contributed by atoms with Gasteiger partial charge in [-0.1, -0.05) is 38.5 Å². The Morgan fingerprint density at radius 1 is 1.22 bits per heavy atom. The quantitative estimate of drug-likeness (QED) is 0.203. The molecule has 1 rings (SSSR count). The highest BCUT2D eigenvalue weighted by molar-refractivity contribution is 5.79. The summed E-state index contributed by atoms with van der Waals surface area (Å²) in [6, 6.07) is 0. The molecule has 0 aliphatic heterocycles. The van der Waals surface area contributed by atoms with E-state index in [1.807, 2.05) is 19.9 Å². The summed E-state index contributed by atoms with van der Waals surface area (Å²) < 4.78 is 0. The predicted octanol–water partition coefficient (Wildman–Crippen LogP) is 2.90. The average molecular weight is 379 g/mol. The van der Waals surface area contributed by atoms with Gasteiger partial charge in [-0.25, -0.2) is 4.79 Å². The van der Waals surface area contributed by atoms with Crippen molar-refractivity contribution in [2.45, 2.75) is 77.1 Å². The molecule has 0 amide bonds. The van der Waals surface area contributed by atoms with Gasteiger partial charge in [-0.3, -0.25) is 0 Å². The number of hydrogen-bond acceptors (Lipinski definition) is 4. The molecular formula is C22H34O5. The molecule has 1 aliphatic rings.